The second-order valence-corrected chi connectivity index (χ2v) is 3.06. The third-order valence-corrected chi connectivity index (χ3v) is 2.11. The zero-order valence-corrected chi connectivity index (χ0v) is 6.80. The largest absolute Gasteiger partial charge is 0.491 e. The van der Waals surface area contributed by atoms with Gasteiger partial charge in [-0.05, 0) is 24.6 Å². The van der Waals surface area contributed by atoms with Gasteiger partial charge in [-0.3, -0.25) is 0 Å². The molecule has 12 heavy (non-hydrogen) atoms. The van der Waals surface area contributed by atoms with E-state index in [1.54, 1.807) is 13.0 Å². The van der Waals surface area contributed by atoms with Gasteiger partial charge in [0.15, 0.2) is 0 Å². The standard InChI is InChI=1S/C9H10FNO/c1-5-2-9-6(3-7(5)10)8(11)4-12-9/h2-3,8H,4,11H2,1H3/t8-/m1/s1. The lowest BCUT2D eigenvalue weighted by Crippen LogP contribution is -2.10. The van der Waals surface area contributed by atoms with Crippen LogP contribution in [0.3, 0.4) is 0 Å². The summed E-state index contributed by atoms with van der Waals surface area (Å²) in [6, 6.07) is 2.98. The third-order valence-electron chi connectivity index (χ3n) is 2.11. The molecule has 1 heterocycles. The van der Waals surface area contributed by atoms with Crippen molar-refractivity contribution < 1.29 is 9.13 Å². The Hall–Kier alpha value is -1.09. The van der Waals surface area contributed by atoms with Crippen LogP contribution < -0.4 is 10.5 Å². The predicted molar refractivity (Wildman–Crippen MR) is 43.6 cm³/mol. The molecule has 0 aromatic heterocycles. The van der Waals surface area contributed by atoms with Gasteiger partial charge in [-0.25, -0.2) is 4.39 Å². The Morgan fingerprint density at radius 1 is 1.58 bits per heavy atom. The average molecular weight is 167 g/mol. The third kappa shape index (κ3) is 0.975. The number of benzene rings is 1. The smallest absolute Gasteiger partial charge is 0.126 e. The van der Waals surface area contributed by atoms with Crippen molar-refractivity contribution in [3.63, 3.8) is 0 Å². The molecule has 0 unspecified atom stereocenters. The van der Waals surface area contributed by atoms with E-state index in [9.17, 15) is 4.39 Å². The van der Waals surface area contributed by atoms with Gasteiger partial charge < -0.3 is 10.5 Å². The van der Waals surface area contributed by atoms with Crippen molar-refractivity contribution >= 4 is 0 Å². The zero-order chi connectivity index (χ0) is 8.72. The summed E-state index contributed by atoms with van der Waals surface area (Å²) in [6.45, 7) is 2.17. The topological polar surface area (TPSA) is 35.2 Å². The SMILES string of the molecule is Cc1cc2c(cc1F)[C@H](N)CO2. The molecule has 1 atom stereocenters. The highest BCUT2D eigenvalue weighted by Crippen LogP contribution is 2.32. The number of fused-ring (bicyclic) bond motifs is 1. The van der Waals surface area contributed by atoms with Gasteiger partial charge in [0.1, 0.15) is 18.2 Å². The normalized spacial score (nSPS) is 20.4. The van der Waals surface area contributed by atoms with E-state index in [1.807, 2.05) is 0 Å². The number of halogens is 1. The molecule has 2 nitrogen and oxygen atoms in total. The molecule has 0 bridgehead atoms. The monoisotopic (exact) mass is 167 g/mol. The lowest BCUT2D eigenvalue weighted by molar-refractivity contribution is 0.333. The van der Waals surface area contributed by atoms with Gasteiger partial charge in [-0.15, -0.1) is 0 Å². The van der Waals surface area contributed by atoms with Gasteiger partial charge in [-0.2, -0.15) is 0 Å². The molecule has 1 aromatic carbocycles. The Bertz CT molecular complexity index is 325. The maximum atomic E-state index is 13.0. The molecule has 0 saturated heterocycles. The molecule has 0 amide bonds. The van der Waals surface area contributed by atoms with Gasteiger partial charge in [-0.1, -0.05) is 0 Å². The van der Waals surface area contributed by atoms with Crippen LogP contribution in [0.4, 0.5) is 4.39 Å². The Balaban J connectivity index is 2.56. The fourth-order valence-corrected chi connectivity index (χ4v) is 1.35. The number of nitrogens with two attached hydrogens (primary N) is 1. The van der Waals surface area contributed by atoms with Gasteiger partial charge in [0.2, 0.25) is 0 Å². The number of rotatable bonds is 0. The summed E-state index contributed by atoms with van der Waals surface area (Å²) in [5.41, 5.74) is 7.05. The summed E-state index contributed by atoms with van der Waals surface area (Å²) in [6.07, 6.45) is 0. The molecule has 0 radical (unpaired) electrons. The van der Waals surface area contributed by atoms with E-state index in [4.69, 9.17) is 10.5 Å². The van der Waals surface area contributed by atoms with Crippen molar-refractivity contribution in [2.75, 3.05) is 6.61 Å². The zero-order valence-electron chi connectivity index (χ0n) is 6.80. The molecule has 1 aliphatic heterocycles. The highest BCUT2D eigenvalue weighted by molar-refractivity contribution is 5.42. The van der Waals surface area contributed by atoms with Crippen molar-refractivity contribution in [2.45, 2.75) is 13.0 Å². The van der Waals surface area contributed by atoms with Gasteiger partial charge in [0, 0.05) is 5.56 Å². The first-order chi connectivity index (χ1) is 5.68. The van der Waals surface area contributed by atoms with Crippen LogP contribution in [0.5, 0.6) is 5.75 Å². The Labute approximate surface area is 70.1 Å². The highest BCUT2D eigenvalue weighted by Gasteiger charge is 2.21. The van der Waals surface area contributed by atoms with Gasteiger partial charge >= 0.3 is 0 Å². The molecule has 1 aliphatic rings. The maximum absolute atomic E-state index is 13.0. The van der Waals surface area contributed by atoms with Crippen LogP contribution in [0.2, 0.25) is 0 Å². The van der Waals surface area contributed by atoms with E-state index < -0.39 is 0 Å². The summed E-state index contributed by atoms with van der Waals surface area (Å²) < 4.78 is 18.3. The summed E-state index contributed by atoms with van der Waals surface area (Å²) in [5, 5.41) is 0. The molecule has 3 heteroatoms. The molecule has 0 saturated carbocycles. The number of aryl methyl sites for hydroxylation is 1. The molecule has 0 spiro atoms. The van der Waals surface area contributed by atoms with Crippen LogP contribution in [-0.2, 0) is 0 Å². The minimum absolute atomic E-state index is 0.171. The Morgan fingerprint density at radius 2 is 2.33 bits per heavy atom. The van der Waals surface area contributed by atoms with Crippen molar-refractivity contribution in [1.82, 2.24) is 0 Å². The van der Waals surface area contributed by atoms with Crippen molar-refractivity contribution in [1.29, 1.82) is 0 Å². The van der Waals surface area contributed by atoms with Crippen LogP contribution >= 0.6 is 0 Å². The molecule has 2 rings (SSSR count). The summed E-state index contributed by atoms with van der Waals surface area (Å²) in [4.78, 5) is 0. The highest BCUT2D eigenvalue weighted by atomic mass is 19.1. The average Bonchev–Trinajstić information content (AvgIpc) is 2.35. The van der Waals surface area contributed by atoms with Crippen molar-refractivity contribution in [3.05, 3.63) is 29.1 Å². The van der Waals surface area contributed by atoms with Gasteiger partial charge in [0.05, 0.1) is 6.04 Å². The minimum atomic E-state index is -0.213. The van der Waals surface area contributed by atoms with Crippen LogP contribution in [0.15, 0.2) is 12.1 Å². The Morgan fingerprint density at radius 3 is 3.08 bits per heavy atom. The first-order valence-corrected chi connectivity index (χ1v) is 3.87. The van der Waals surface area contributed by atoms with E-state index >= 15 is 0 Å². The molecular weight excluding hydrogens is 157 g/mol. The molecule has 2 N–H and O–H groups in total. The molecule has 1 aromatic rings. The van der Waals surface area contributed by atoms with Crippen LogP contribution in [0, 0.1) is 12.7 Å². The lowest BCUT2D eigenvalue weighted by Gasteiger charge is -2.02. The van der Waals surface area contributed by atoms with E-state index in [0.29, 0.717) is 12.2 Å². The van der Waals surface area contributed by atoms with Crippen LogP contribution in [0.25, 0.3) is 0 Å². The predicted octanol–water partition coefficient (Wildman–Crippen LogP) is 1.53. The first kappa shape index (κ1) is 7.55. The van der Waals surface area contributed by atoms with Gasteiger partial charge in [0.25, 0.3) is 0 Å². The number of ether oxygens (including phenoxy) is 1. The second kappa shape index (κ2) is 2.45. The van der Waals surface area contributed by atoms with E-state index in [0.717, 1.165) is 11.3 Å². The summed E-state index contributed by atoms with van der Waals surface area (Å²) >= 11 is 0. The quantitative estimate of drug-likeness (QED) is 0.636. The van der Waals surface area contributed by atoms with Crippen molar-refractivity contribution in [3.8, 4) is 5.75 Å². The number of hydrogen-bond donors (Lipinski definition) is 1. The summed E-state index contributed by atoms with van der Waals surface area (Å²) in [5.74, 6) is 0.510. The lowest BCUT2D eigenvalue weighted by atomic mass is 10.1. The maximum Gasteiger partial charge on any atom is 0.126 e. The van der Waals surface area contributed by atoms with Crippen LogP contribution in [-0.4, -0.2) is 6.61 Å². The van der Waals surface area contributed by atoms with Crippen molar-refractivity contribution in [2.24, 2.45) is 5.73 Å². The Kier molecular flexibility index (Phi) is 1.54. The fourth-order valence-electron chi connectivity index (χ4n) is 1.35. The fraction of sp³-hybridized carbons (Fsp3) is 0.333. The molecular formula is C9H10FNO. The first-order valence-electron chi connectivity index (χ1n) is 3.87. The van der Waals surface area contributed by atoms with Crippen LogP contribution in [0.1, 0.15) is 17.2 Å². The summed E-state index contributed by atoms with van der Waals surface area (Å²) in [7, 11) is 0. The van der Waals surface area contributed by atoms with E-state index in [-0.39, 0.29) is 11.9 Å². The number of hydrogen-bond acceptors (Lipinski definition) is 2. The van der Waals surface area contributed by atoms with E-state index in [1.165, 1.54) is 6.07 Å². The second-order valence-electron chi connectivity index (χ2n) is 3.06. The minimum Gasteiger partial charge on any atom is -0.491 e. The molecule has 0 aliphatic carbocycles. The van der Waals surface area contributed by atoms with E-state index in [2.05, 4.69) is 0 Å². The molecule has 64 valence electrons. The molecule has 0 fully saturated rings.